The van der Waals surface area contributed by atoms with Crippen molar-refractivity contribution in [1.82, 2.24) is 10.2 Å². The third-order valence-corrected chi connectivity index (χ3v) is 11.1. The SMILES string of the molecule is CCN(CC)c1ccc(N2C/C=C\CCC(=O)N[C@@H](COC)[C@H](c3ccccc3)OC(=O)[C@@H]3[C@H]4C(=O)N([C@@H](CO)CC(C)C)[C@H](C2=O)[C@]42C=C[C@H]3O2)cc1. The van der Waals surface area contributed by atoms with Crippen molar-refractivity contribution in [2.75, 3.05) is 49.8 Å². The average molecular weight is 743 g/mol. The fraction of sp³-hybridized carbons (Fsp3) is 0.524. The number of allylic oxidation sites excluding steroid dienone is 1. The molecule has 290 valence electrons. The number of aliphatic hydroxyl groups excluding tert-OH is 1. The van der Waals surface area contributed by atoms with Gasteiger partial charge in [-0.2, -0.15) is 0 Å². The van der Waals surface area contributed by atoms with Crippen LogP contribution in [0.5, 0.6) is 0 Å². The predicted octanol–water partition coefficient (Wildman–Crippen LogP) is 4.19. The molecule has 0 saturated carbocycles. The molecule has 54 heavy (non-hydrogen) atoms. The van der Waals surface area contributed by atoms with Crippen molar-refractivity contribution in [2.24, 2.45) is 17.8 Å². The van der Waals surface area contributed by atoms with E-state index in [1.807, 2.05) is 80.6 Å². The lowest BCUT2D eigenvalue weighted by Crippen LogP contribution is -2.59. The topological polar surface area (TPSA) is 138 Å². The van der Waals surface area contributed by atoms with E-state index in [1.165, 1.54) is 12.0 Å². The van der Waals surface area contributed by atoms with Gasteiger partial charge in [-0.25, -0.2) is 0 Å². The molecule has 12 nitrogen and oxygen atoms in total. The third kappa shape index (κ3) is 7.43. The van der Waals surface area contributed by atoms with Gasteiger partial charge in [0.15, 0.2) is 0 Å². The highest BCUT2D eigenvalue weighted by Gasteiger charge is 2.74. The fourth-order valence-corrected chi connectivity index (χ4v) is 8.68. The number of fused-ring (bicyclic) bond motifs is 2. The number of rotatable bonds is 11. The summed E-state index contributed by atoms with van der Waals surface area (Å²) in [4.78, 5) is 63.4. The Bertz CT molecular complexity index is 1710. The predicted molar refractivity (Wildman–Crippen MR) is 204 cm³/mol. The maximum atomic E-state index is 15.3. The van der Waals surface area contributed by atoms with Crippen LogP contribution in [0.4, 0.5) is 11.4 Å². The van der Waals surface area contributed by atoms with Crippen LogP contribution in [0.25, 0.3) is 0 Å². The van der Waals surface area contributed by atoms with E-state index in [4.69, 9.17) is 14.2 Å². The molecule has 2 aromatic rings. The summed E-state index contributed by atoms with van der Waals surface area (Å²) in [6, 6.07) is 14.2. The fourth-order valence-electron chi connectivity index (χ4n) is 8.68. The standard InChI is InChI=1S/C42H54N4O8/c1-6-44(7-2)29-17-19-30(20-18-29)45-23-13-9-12-16-34(48)43-32(26-52-5)37(28-14-10-8-11-15-28)53-41(51)35-33-21-22-42(54-33)36(35)39(49)46(38(42)40(45)50)31(25-47)24-27(3)4/h8-11,13-15,17-22,27,31-33,35-38,47H,6-7,12,16,23-26H2,1-5H3,(H,43,48)/b13-9-/t31-,32+,33-,35+,36+,37+,38-,42+/m1/s1. The first-order chi connectivity index (χ1) is 26.1. The van der Waals surface area contributed by atoms with E-state index in [-0.39, 0.29) is 38.0 Å². The minimum atomic E-state index is -1.48. The second-order valence-corrected chi connectivity index (χ2v) is 15.0. The van der Waals surface area contributed by atoms with Crippen LogP contribution in [0.1, 0.15) is 58.6 Å². The van der Waals surface area contributed by atoms with Crippen LogP contribution in [0.3, 0.4) is 0 Å². The number of amides is 3. The summed E-state index contributed by atoms with van der Waals surface area (Å²) in [6.45, 7) is 9.66. The van der Waals surface area contributed by atoms with Gasteiger partial charge in [-0.3, -0.25) is 19.2 Å². The maximum absolute atomic E-state index is 15.3. The molecule has 4 aliphatic heterocycles. The van der Waals surface area contributed by atoms with Gasteiger partial charge in [0.2, 0.25) is 11.8 Å². The number of nitrogens with zero attached hydrogens (tertiary/aromatic N) is 3. The number of ether oxygens (including phenoxy) is 3. The number of likely N-dealkylation sites (tertiary alicyclic amines) is 1. The largest absolute Gasteiger partial charge is 0.455 e. The smallest absolute Gasteiger partial charge is 0.313 e. The van der Waals surface area contributed by atoms with Gasteiger partial charge in [0, 0.05) is 44.5 Å². The number of carbonyl (C=O) groups excluding carboxylic acids is 4. The molecule has 0 aliphatic carbocycles. The van der Waals surface area contributed by atoms with Crippen molar-refractivity contribution >= 4 is 35.1 Å². The highest BCUT2D eigenvalue weighted by atomic mass is 16.6. The lowest BCUT2D eigenvalue weighted by Gasteiger charge is -2.39. The zero-order chi connectivity index (χ0) is 38.6. The molecule has 5 bridgehead atoms. The van der Waals surface area contributed by atoms with Gasteiger partial charge in [0.1, 0.15) is 23.7 Å². The van der Waals surface area contributed by atoms with Gasteiger partial charge in [0.25, 0.3) is 5.91 Å². The lowest BCUT2D eigenvalue weighted by atomic mass is 9.74. The molecular formula is C42H54N4O8. The number of aliphatic hydroxyl groups is 1. The molecule has 8 atom stereocenters. The molecule has 6 rings (SSSR count). The molecule has 2 N–H and O–H groups in total. The number of esters is 1. The Balaban J connectivity index is 1.47. The Morgan fingerprint density at radius 3 is 2.37 bits per heavy atom. The zero-order valence-electron chi connectivity index (χ0n) is 31.9. The quantitative estimate of drug-likeness (QED) is 0.257. The molecule has 4 aliphatic rings. The zero-order valence-corrected chi connectivity index (χ0v) is 31.9. The first-order valence-electron chi connectivity index (χ1n) is 19.2. The first-order valence-corrected chi connectivity index (χ1v) is 19.2. The lowest BCUT2D eigenvalue weighted by molar-refractivity contribution is -0.162. The number of methoxy groups -OCH3 is 1. The van der Waals surface area contributed by atoms with Crippen LogP contribution < -0.4 is 15.1 Å². The molecule has 2 saturated heterocycles. The van der Waals surface area contributed by atoms with E-state index >= 15 is 4.79 Å². The molecular weight excluding hydrogens is 688 g/mol. The number of hydrogen-bond donors (Lipinski definition) is 2. The molecule has 0 aromatic heterocycles. The second-order valence-electron chi connectivity index (χ2n) is 15.0. The van der Waals surface area contributed by atoms with Crippen LogP contribution in [-0.2, 0) is 33.4 Å². The number of anilines is 2. The summed E-state index contributed by atoms with van der Waals surface area (Å²) in [6.07, 6.45) is 6.45. The van der Waals surface area contributed by atoms with E-state index in [0.29, 0.717) is 24.1 Å². The number of nitrogens with one attached hydrogen (secondary N) is 1. The van der Waals surface area contributed by atoms with Crippen LogP contribution in [0, 0.1) is 17.8 Å². The number of cyclic esters (lactones) is 1. The third-order valence-electron chi connectivity index (χ3n) is 11.1. The second kappa shape index (κ2) is 16.9. The van der Waals surface area contributed by atoms with Gasteiger partial charge in [-0.1, -0.05) is 68.5 Å². The summed E-state index contributed by atoms with van der Waals surface area (Å²) in [5.74, 6) is -3.83. The van der Waals surface area contributed by atoms with Crippen LogP contribution in [0.2, 0.25) is 0 Å². The van der Waals surface area contributed by atoms with Crippen LogP contribution >= 0.6 is 0 Å². The monoisotopic (exact) mass is 742 g/mol. The van der Waals surface area contributed by atoms with E-state index in [0.717, 1.165) is 18.8 Å². The Hall–Kier alpha value is -4.52. The first kappa shape index (κ1) is 39.2. The maximum Gasteiger partial charge on any atom is 0.313 e. The van der Waals surface area contributed by atoms with E-state index in [2.05, 4.69) is 24.1 Å². The molecule has 0 unspecified atom stereocenters. The molecule has 3 amide bonds. The minimum Gasteiger partial charge on any atom is -0.455 e. The summed E-state index contributed by atoms with van der Waals surface area (Å²) < 4.78 is 18.5. The van der Waals surface area contributed by atoms with Crippen molar-refractivity contribution in [3.8, 4) is 0 Å². The van der Waals surface area contributed by atoms with Crippen LogP contribution in [-0.4, -0.2) is 103 Å². The summed E-state index contributed by atoms with van der Waals surface area (Å²) in [5, 5.41) is 13.8. The van der Waals surface area contributed by atoms with Crippen molar-refractivity contribution in [3.05, 3.63) is 84.5 Å². The van der Waals surface area contributed by atoms with Crippen LogP contribution in [0.15, 0.2) is 78.9 Å². The molecule has 4 heterocycles. The van der Waals surface area contributed by atoms with E-state index < -0.39 is 65.6 Å². The minimum absolute atomic E-state index is 0.0605. The molecule has 2 fully saturated rings. The van der Waals surface area contributed by atoms with E-state index in [1.54, 1.807) is 17.1 Å². The van der Waals surface area contributed by atoms with Gasteiger partial charge in [0.05, 0.1) is 37.3 Å². The molecule has 0 radical (unpaired) electrons. The van der Waals surface area contributed by atoms with E-state index in [9.17, 15) is 19.5 Å². The average Bonchev–Trinajstić information content (AvgIpc) is 3.82. The number of hydrogen-bond acceptors (Lipinski definition) is 9. The molecule has 12 heteroatoms. The summed E-state index contributed by atoms with van der Waals surface area (Å²) in [5.41, 5.74) is 0.799. The highest BCUT2D eigenvalue weighted by Crippen LogP contribution is 2.56. The Morgan fingerprint density at radius 2 is 1.72 bits per heavy atom. The highest BCUT2D eigenvalue weighted by molar-refractivity contribution is 6.05. The normalized spacial score (nSPS) is 29.7. The molecule has 1 spiro atoms. The van der Waals surface area contributed by atoms with Crippen molar-refractivity contribution in [2.45, 2.75) is 82.9 Å². The Morgan fingerprint density at radius 1 is 1.00 bits per heavy atom. The van der Waals surface area contributed by atoms with Gasteiger partial charge >= 0.3 is 5.97 Å². The Kier molecular flexibility index (Phi) is 12.2. The van der Waals surface area contributed by atoms with Crippen molar-refractivity contribution < 1.29 is 38.5 Å². The van der Waals surface area contributed by atoms with Gasteiger partial charge < -0.3 is 39.3 Å². The Labute approximate surface area is 318 Å². The van der Waals surface area contributed by atoms with Crippen molar-refractivity contribution in [1.29, 1.82) is 0 Å². The van der Waals surface area contributed by atoms with Gasteiger partial charge in [-0.15, -0.1) is 0 Å². The molecule has 2 aromatic carbocycles. The van der Waals surface area contributed by atoms with Gasteiger partial charge in [-0.05, 0) is 62.4 Å². The summed E-state index contributed by atoms with van der Waals surface area (Å²) in [7, 11) is 1.51. The number of benzene rings is 2. The van der Waals surface area contributed by atoms with Crippen molar-refractivity contribution in [3.63, 3.8) is 0 Å². The summed E-state index contributed by atoms with van der Waals surface area (Å²) >= 11 is 0. The number of carbonyl (C=O) groups is 4.